The largest absolute Gasteiger partial charge is 0.359 e. The first-order valence-electron chi connectivity index (χ1n) is 11.6. The number of benzene rings is 1. The summed E-state index contributed by atoms with van der Waals surface area (Å²) < 4.78 is 19.5. The predicted octanol–water partition coefficient (Wildman–Crippen LogP) is 2.77. The van der Waals surface area contributed by atoms with Crippen molar-refractivity contribution in [1.82, 2.24) is 15.5 Å². The summed E-state index contributed by atoms with van der Waals surface area (Å²) in [5.74, 6) is -2.80. The number of ether oxygens (including phenoxy) is 1. The summed E-state index contributed by atoms with van der Waals surface area (Å²) in [6.07, 6.45) is 2.99. The number of nitrogens with zero attached hydrogens (tertiary/aromatic N) is 1. The highest BCUT2D eigenvalue weighted by atomic mass is 32.1. The first kappa shape index (κ1) is 23.7. The summed E-state index contributed by atoms with van der Waals surface area (Å²) in [4.78, 5) is 43.2. The number of nitrogens with one attached hydrogen (secondary N) is 2. The quantitative estimate of drug-likeness (QED) is 0.601. The molecule has 5 rings (SSSR count). The van der Waals surface area contributed by atoms with Crippen LogP contribution in [0.15, 0.2) is 53.9 Å². The van der Waals surface area contributed by atoms with Gasteiger partial charge in [0.1, 0.15) is 17.5 Å². The van der Waals surface area contributed by atoms with Crippen molar-refractivity contribution in [2.45, 2.75) is 57.1 Å². The summed E-state index contributed by atoms with van der Waals surface area (Å²) in [5.41, 5.74) is -0.962. The SMILES string of the molecule is CC(C)(C)NC(=O)[C@@H]1N(Cc2cccs2)C(=O)[C@H]2[C@H](C(=O)NCc3ccc(F)cc3)[C@H]3C=C[C@@]12O3. The third-order valence-corrected chi connectivity index (χ3v) is 7.57. The molecule has 2 saturated heterocycles. The molecule has 0 aliphatic carbocycles. The molecule has 35 heavy (non-hydrogen) atoms. The second-order valence-electron chi connectivity index (χ2n) is 10.3. The Hall–Kier alpha value is -3.04. The van der Waals surface area contributed by atoms with E-state index in [4.69, 9.17) is 4.74 Å². The zero-order valence-corrected chi connectivity index (χ0v) is 20.6. The lowest BCUT2D eigenvalue weighted by Gasteiger charge is -2.34. The third kappa shape index (κ3) is 4.16. The Bertz CT molecular complexity index is 1170. The highest BCUT2D eigenvalue weighted by Crippen LogP contribution is 2.55. The Labute approximate surface area is 207 Å². The lowest BCUT2D eigenvalue weighted by Crippen LogP contribution is -2.57. The van der Waals surface area contributed by atoms with Gasteiger partial charge in [-0.2, -0.15) is 0 Å². The molecule has 5 atom stereocenters. The number of fused-ring (bicyclic) bond motifs is 1. The molecule has 0 radical (unpaired) electrons. The molecule has 4 heterocycles. The molecule has 1 aromatic heterocycles. The minimum Gasteiger partial charge on any atom is -0.359 e. The number of amides is 3. The number of hydrogen-bond donors (Lipinski definition) is 2. The maximum atomic E-state index is 13.8. The van der Waals surface area contributed by atoms with Gasteiger partial charge in [0.2, 0.25) is 17.7 Å². The lowest BCUT2D eigenvalue weighted by molar-refractivity contribution is -0.142. The van der Waals surface area contributed by atoms with Crippen LogP contribution in [0.3, 0.4) is 0 Å². The van der Waals surface area contributed by atoms with E-state index < -0.39 is 35.1 Å². The monoisotopic (exact) mass is 497 g/mol. The number of thiophene rings is 1. The standard InChI is InChI=1S/C26H28FN3O4S/c1-25(2,3)29-23(32)21-26-11-10-18(34-26)19(22(31)28-13-15-6-8-16(27)9-7-15)20(26)24(33)30(21)14-17-5-4-12-35-17/h4-12,18-21H,13-14H2,1-3H3,(H,28,31)(H,29,32)/t18-,19-,20-,21+,26+/m1/s1. The maximum absolute atomic E-state index is 13.8. The van der Waals surface area contributed by atoms with Crippen molar-refractivity contribution in [2.75, 3.05) is 0 Å². The fourth-order valence-electron chi connectivity index (χ4n) is 5.36. The van der Waals surface area contributed by atoms with Gasteiger partial charge in [-0.1, -0.05) is 30.4 Å². The van der Waals surface area contributed by atoms with Crippen molar-refractivity contribution in [3.8, 4) is 0 Å². The van der Waals surface area contributed by atoms with Gasteiger partial charge in [-0.15, -0.1) is 11.3 Å². The van der Waals surface area contributed by atoms with Gasteiger partial charge in [-0.05, 0) is 49.9 Å². The molecule has 1 aromatic carbocycles. The highest BCUT2D eigenvalue weighted by Gasteiger charge is 2.72. The van der Waals surface area contributed by atoms with E-state index in [1.807, 2.05) is 38.3 Å². The van der Waals surface area contributed by atoms with Crippen molar-refractivity contribution in [3.63, 3.8) is 0 Å². The minimum absolute atomic E-state index is 0.201. The number of likely N-dealkylation sites (tertiary alicyclic amines) is 1. The summed E-state index contributed by atoms with van der Waals surface area (Å²) in [6.45, 7) is 6.12. The fourth-order valence-corrected chi connectivity index (χ4v) is 6.06. The van der Waals surface area contributed by atoms with Crippen LogP contribution < -0.4 is 10.6 Å². The molecular weight excluding hydrogens is 469 g/mol. The molecule has 7 nitrogen and oxygen atoms in total. The average Bonchev–Trinajstić information content (AvgIpc) is 3.55. The normalized spacial score (nSPS) is 28.9. The molecule has 3 amide bonds. The van der Waals surface area contributed by atoms with Crippen molar-refractivity contribution in [2.24, 2.45) is 11.8 Å². The third-order valence-electron chi connectivity index (χ3n) is 6.71. The lowest BCUT2D eigenvalue weighted by atomic mass is 9.74. The van der Waals surface area contributed by atoms with Gasteiger partial charge >= 0.3 is 0 Å². The van der Waals surface area contributed by atoms with Crippen molar-refractivity contribution >= 4 is 29.1 Å². The second kappa shape index (κ2) is 8.57. The second-order valence-corrected chi connectivity index (χ2v) is 11.4. The summed E-state index contributed by atoms with van der Waals surface area (Å²) in [5, 5.41) is 7.80. The topological polar surface area (TPSA) is 87.7 Å². The zero-order valence-electron chi connectivity index (χ0n) is 19.8. The number of hydrogen-bond acceptors (Lipinski definition) is 5. The predicted molar refractivity (Wildman–Crippen MR) is 129 cm³/mol. The number of carbonyl (C=O) groups is 3. The molecule has 184 valence electrons. The van der Waals surface area contributed by atoms with Gasteiger partial charge in [0.15, 0.2) is 0 Å². The Morgan fingerprint density at radius 1 is 1.17 bits per heavy atom. The first-order chi connectivity index (χ1) is 16.6. The van der Waals surface area contributed by atoms with E-state index in [9.17, 15) is 18.8 Å². The Balaban J connectivity index is 1.43. The smallest absolute Gasteiger partial charge is 0.246 e. The van der Waals surface area contributed by atoms with Gasteiger partial charge in [-0.25, -0.2) is 4.39 Å². The number of carbonyl (C=O) groups excluding carboxylic acids is 3. The van der Waals surface area contributed by atoms with Gasteiger partial charge in [0.25, 0.3) is 0 Å². The molecule has 2 N–H and O–H groups in total. The summed E-state index contributed by atoms with van der Waals surface area (Å²) >= 11 is 1.51. The van der Waals surface area contributed by atoms with Gasteiger partial charge in [0.05, 0.1) is 24.5 Å². The molecule has 0 saturated carbocycles. The van der Waals surface area contributed by atoms with Gasteiger partial charge < -0.3 is 20.3 Å². The van der Waals surface area contributed by atoms with Crippen LogP contribution in [-0.4, -0.2) is 45.9 Å². The maximum Gasteiger partial charge on any atom is 0.246 e. The average molecular weight is 498 g/mol. The summed E-state index contributed by atoms with van der Waals surface area (Å²) in [6, 6.07) is 8.80. The first-order valence-corrected chi connectivity index (χ1v) is 12.5. The van der Waals surface area contributed by atoms with E-state index in [1.165, 1.54) is 23.5 Å². The zero-order chi connectivity index (χ0) is 25.0. The summed E-state index contributed by atoms with van der Waals surface area (Å²) in [7, 11) is 0. The molecule has 1 spiro atoms. The molecule has 0 unspecified atom stereocenters. The Kier molecular flexibility index (Phi) is 5.80. The van der Waals surface area contributed by atoms with E-state index in [0.29, 0.717) is 0 Å². The van der Waals surface area contributed by atoms with Crippen LogP contribution in [-0.2, 0) is 32.2 Å². The van der Waals surface area contributed by atoms with Gasteiger partial charge in [-0.3, -0.25) is 14.4 Å². The van der Waals surface area contributed by atoms with E-state index in [2.05, 4.69) is 10.6 Å². The van der Waals surface area contributed by atoms with Crippen LogP contribution in [0.1, 0.15) is 31.2 Å². The van der Waals surface area contributed by atoms with Gasteiger partial charge in [0, 0.05) is 17.0 Å². The van der Waals surface area contributed by atoms with E-state index in [0.717, 1.165) is 10.4 Å². The molecule has 3 aliphatic heterocycles. The molecule has 3 aliphatic rings. The molecule has 2 fully saturated rings. The minimum atomic E-state index is -1.20. The van der Waals surface area contributed by atoms with Crippen molar-refractivity contribution < 1.29 is 23.5 Å². The molecule has 9 heteroatoms. The van der Waals surface area contributed by atoms with Crippen molar-refractivity contribution in [1.29, 1.82) is 0 Å². The van der Waals surface area contributed by atoms with Crippen LogP contribution in [0.25, 0.3) is 0 Å². The van der Waals surface area contributed by atoms with Crippen molar-refractivity contribution in [3.05, 3.63) is 70.2 Å². The van der Waals surface area contributed by atoms with E-state index in [-0.39, 0.29) is 36.6 Å². The molecule has 2 aromatic rings. The fraction of sp³-hybridized carbons (Fsp3) is 0.423. The number of rotatable bonds is 6. The van der Waals surface area contributed by atoms with Crippen LogP contribution in [0.4, 0.5) is 4.39 Å². The Morgan fingerprint density at radius 2 is 1.91 bits per heavy atom. The van der Waals surface area contributed by atoms with Crippen LogP contribution in [0.2, 0.25) is 0 Å². The highest BCUT2D eigenvalue weighted by molar-refractivity contribution is 7.09. The molecular formula is C26H28FN3O4S. The molecule has 2 bridgehead atoms. The van der Waals surface area contributed by atoms with E-state index in [1.54, 1.807) is 29.2 Å². The Morgan fingerprint density at radius 3 is 2.57 bits per heavy atom. The van der Waals surface area contributed by atoms with E-state index >= 15 is 0 Å². The number of halogens is 1. The van der Waals surface area contributed by atoms with Crippen LogP contribution in [0, 0.1) is 17.7 Å². The van der Waals surface area contributed by atoms with Crippen LogP contribution in [0.5, 0.6) is 0 Å². The van der Waals surface area contributed by atoms with Crippen LogP contribution >= 0.6 is 11.3 Å².